The molecule has 4 rings (SSSR count). The van der Waals surface area contributed by atoms with E-state index in [1.54, 1.807) is 19.2 Å². The molecule has 0 radical (unpaired) electrons. The van der Waals surface area contributed by atoms with Crippen molar-refractivity contribution >= 4 is 16.8 Å². The molecule has 1 aliphatic rings. The zero-order valence-electron chi connectivity index (χ0n) is 17.3. The van der Waals surface area contributed by atoms with Gasteiger partial charge in [-0.1, -0.05) is 29.8 Å². The van der Waals surface area contributed by atoms with E-state index >= 15 is 0 Å². The van der Waals surface area contributed by atoms with Crippen LogP contribution in [0.4, 0.5) is 4.39 Å². The van der Waals surface area contributed by atoms with E-state index in [9.17, 15) is 9.18 Å². The number of benzene rings is 2. The average Bonchev–Trinajstić information content (AvgIpc) is 3.00. The summed E-state index contributed by atoms with van der Waals surface area (Å²) in [5, 5.41) is 3.98. The number of hydrogen-bond donors (Lipinski definition) is 1. The van der Waals surface area contributed by atoms with Crippen molar-refractivity contribution in [2.45, 2.75) is 38.8 Å². The van der Waals surface area contributed by atoms with Gasteiger partial charge in [0.15, 0.2) is 0 Å². The first-order chi connectivity index (χ1) is 14.0. The van der Waals surface area contributed by atoms with Crippen LogP contribution in [0.2, 0.25) is 0 Å². The summed E-state index contributed by atoms with van der Waals surface area (Å²) in [6.45, 7) is 4.63. The van der Waals surface area contributed by atoms with Crippen LogP contribution in [-0.4, -0.2) is 36.0 Å². The van der Waals surface area contributed by atoms with Crippen molar-refractivity contribution in [2.24, 2.45) is 0 Å². The maximum Gasteiger partial charge on any atom is 0.220 e. The van der Waals surface area contributed by atoms with Crippen LogP contribution in [0.1, 0.15) is 34.7 Å². The molecule has 1 aromatic heterocycles. The number of fused-ring (bicyclic) bond motifs is 3. The van der Waals surface area contributed by atoms with Crippen LogP contribution in [0.3, 0.4) is 0 Å². The highest BCUT2D eigenvalue weighted by Crippen LogP contribution is 2.34. The summed E-state index contributed by atoms with van der Waals surface area (Å²) in [6, 6.07) is 13.4. The lowest BCUT2D eigenvalue weighted by atomic mass is 9.94. The molecule has 3 aromatic rings. The summed E-state index contributed by atoms with van der Waals surface area (Å²) in [5.41, 5.74) is 5.70. The molecule has 0 fully saturated rings. The van der Waals surface area contributed by atoms with Gasteiger partial charge >= 0.3 is 0 Å². The van der Waals surface area contributed by atoms with Gasteiger partial charge in [-0.15, -0.1) is 0 Å². The van der Waals surface area contributed by atoms with Gasteiger partial charge in [-0.25, -0.2) is 4.39 Å². The molecule has 2 aromatic carbocycles. The molecule has 5 heteroatoms. The number of nitrogens with zero attached hydrogens (tertiary/aromatic N) is 2. The van der Waals surface area contributed by atoms with Crippen LogP contribution in [-0.2, 0) is 24.3 Å². The van der Waals surface area contributed by atoms with Gasteiger partial charge in [-0.3, -0.25) is 4.79 Å². The van der Waals surface area contributed by atoms with Gasteiger partial charge in [0.1, 0.15) is 5.82 Å². The van der Waals surface area contributed by atoms with E-state index in [4.69, 9.17) is 0 Å². The number of rotatable bonds is 5. The summed E-state index contributed by atoms with van der Waals surface area (Å²) >= 11 is 0. The molecule has 4 nitrogen and oxygen atoms in total. The second-order valence-electron chi connectivity index (χ2n) is 8.14. The fourth-order valence-corrected chi connectivity index (χ4v) is 4.53. The van der Waals surface area contributed by atoms with Crippen LogP contribution < -0.4 is 5.32 Å². The number of aryl methyl sites for hydroxylation is 1. The maximum absolute atomic E-state index is 14.6. The van der Waals surface area contributed by atoms with Crippen molar-refractivity contribution in [1.29, 1.82) is 0 Å². The quantitative estimate of drug-likeness (QED) is 0.712. The largest absolute Gasteiger partial charge is 0.359 e. The van der Waals surface area contributed by atoms with E-state index in [-0.39, 0.29) is 24.1 Å². The minimum absolute atomic E-state index is 0.0702. The number of carbonyl (C=O) groups is 1. The van der Waals surface area contributed by atoms with Crippen molar-refractivity contribution in [2.75, 3.05) is 20.6 Å². The van der Waals surface area contributed by atoms with Crippen LogP contribution in [0.5, 0.6) is 0 Å². The van der Waals surface area contributed by atoms with E-state index in [1.807, 2.05) is 6.07 Å². The lowest BCUT2D eigenvalue weighted by Gasteiger charge is -2.26. The van der Waals surface area contributed by atoms with Gasteiger partial charge in [0, 0.05) is 62.0 Å². The highest BCUT2D eigenvalue weighted by molar-refractivity contribution is 5.86. The molecule has 0 spiro atoms. The Morgan fingerprint density at radius 1 is 1.24 bits per heavy atom. The van der Waals surface area contributed by atoms with Crippen molar-refractivity contribution in [3.05, 3.63) is 70.7 Å². The van der Waals surface area contributed by atoms with E-state index in [1.165, 1.54) is 33.8 Å². The molecule has 0 aliphatic carbocycles. The summed E-state index contributed by atoms with van der Waals surface area (Å²) in [4.78, 5) is 14.6. The third-order valence-corrected chi connectivity index (χ3v) is 6.06. The summed E-state index contributed by atoms with van der Waals surface area (Å²) in [7, 11) is 3.78. The summed E-state index contributed by atoms with van der Waals surface area (Å²) in [6.07, 6.45) is 1.22. The number of halogens is 1. The fraction of sp³-hybridized carbons (Fsp3) is 0.375. The van der Waals surface area contributed by atoms with Gasteiger partial charge in [-0.2, -0.15) is 0 Å². The molecule has 29 heavy (non-hydrogen) atoms. The van der Waals surface area contributed by atoms with Gasteiger partial charge in [0.2, 0.25) is 5.91 Å². The number of carbonyl (C=O) groups excluding carboxylic acids is 1. The summed E-state index contributed by atoms with van der Waals surface area (Å²) < 4.78 is 17.0. The predicted octanol–water partition coefficient (Wildman–Crippen LogP) is 4.00. The fourth-order valence-electron chi connectivity index (χ4n) is 4.53. The van der Waals surface area contributed by atoms with Gasteiger partial charge < -0.3 is 14.8 Å². The molecule has 1 unspecified atom stereocenters. The highest BCUT2D eigenvalue weighted by atomic mass is 19.1. The standard InChI is InChI=1S/C24H28FN3O/c1-16-8-9-22-19(12-16)20-15-27(3)11-10-23(20)28(22)14-17(13-24(29)26-2)18-6-4-5-7-21(18)25/h4-9,12,17H,10-11,13-15H2,1-3H3,(H,26,29). The third-order valence-electron chi connectivity index (χ3n) is 6.06. The number of amides is 1. The molecule has 0 bridgehead atoms. The molecule has 1 aliphatic heterocycles. The van der Waals surface area contributed by atoms with Gasteiger partial charge in [0.05, 0.1) is 0 Å². The molecule has 152 valence electrons. The number of nitrogens with one attached hydrogen (secondary N) is 1. The van der Waals surface area contributed by atoms with Crippen LogP contribution in [0.25, 0.3) is 10.9 Å². The molecule has 2 heterocycles. The summed E-state index contributed by atoms with van der Waals surface area (Å²) in [5.74, 6) is -0.543. The normalized spacial score (nSPS) is 15.3. The Morgan fingerprint density at radius 3 is 2.79 bits per heavy atom. The second kappa shape index (κ2) is 7.99. The minimum atomic E-state index is -0.248. The van der Waals surface area contributed by atoms with Gasteiger partial charge in [-0.05, 0) is 43.3 Å². The first-order valence-electron chi connectivity index (χ1n) is 10.2. The van der Waals surface area contributed by atoms with Crippen LogP contribution in [0.15, 0.2) is 42.5 Å². The molecule has 1 atom stereocenters. The van der Waals surface area contributed by atoms with E-state index in [2.05, 4.69) is 47.0 Å². The Hall–Kier alpha value is -2.66. The molecular weight excluding hydrogens is 365 g/mol. The van der Waals surface area contributed by atoms with Crippen molar-refractivity contribution in [3.8, 4) is 0 Å². The van der Waals surface area contributed by atoms with Crippen LogP contribution >= 0.6 is 0 Å². The number of aromatic nitrogens is 1. The van der Waals surface area contributed by atoms with E-state index in [0.717, 1.165) is 19.5 Å². The molecule has 1 amide bonds. The predicted molar refractivity (Wildman–Crippen MR) is 115 cm³/mol. The van der Waals surface area contributed by atoms with Crippen LogP contribution in [0, 0.1) is 12.7 Å². The number of likely N-dealkylation sites (N-methyl/N-ethyl adjacent to an activating group) is 1. The first kappa shape index (κ1) is 19.6. The lowest BCUT2D eigenvalue weighted by Crippen LogP contribution is -2.28. The average molecular weight is 394 g/mol. The highest BCUT2D eigenvalue weighted by Gasteiger charge is 2.26. The zero-order valence-corrected chi connectivity index (χ0v) is 17.3. The smallest absolute Gasteiger partial charge is 0.220 e. The van der Waals surface area contributed by atoms with Crippen molar-refractivity contribution in [3.63, 3.8) is 0 Å². The molecular formula is C24H28FN3O. The molecule has 0 saturated carbocycles. The second-order valence-corrected chi connectivity index (χ2v) is 8.14. The monoisotopic (exact) mass is 393 g/mol. The molecule has 1 N–H and O–H groups in total. The van der Waals surface area contributed by atoms with Crippen molar-refractivity contribution in [1.82, 2.24) is 14.8 Å². The Balaban J connectivity index is 1.82. The lowest BCUT2D eigenvalue weighted by molar-refractivity contribution is -0.121. The van der Waals surface area contributed by atoms with Gasteiger partial charge in [0.25, 0.3) is 0 Å². The topological polar surface area (TPSA) is 37.3 Å². The maximum atomic E-state index is 14.6. The Bertz CT molecular complexity index is 1060. The van der Waals surface area contributed by atoms with E-state index < -0.39 is 0 Å². The Kier molecular flexibility index (Phi) is 5.41. The van der Waals surface area contributed by atoms with E-state index in [0.29, 0.717) is 12.1 Å². The third kappa shape index (κ3) is 3.79. The Labute approximate surface area is 171 Å². The molecule has 0 saturated heterocycles. The SMILES string of the molecule is CNC(=O)CC(Cn1c2c(c3cc(C)ccc31)CN(C)CC2)c1ccccc1F. The minimum Gasteiger partial charge on any atom is -0.359 e. The first-order valence-corrected chi connectivity index (χ1v) is 10.2. The van der Waals surface area contributed by atoms with Crippen molar-refractivity contribution < 1.29 is 9.18 Å². The Morgan fingerprint density at radius 2 is 2.03 bits per heavy atom. The zero-order chi connectivity index (χ0) is 20.5. The number of hydrogen-bond acceptors (Lipinski definition) is 2.